The number of nitrogens with zero attached hydrogens (tertiary/aromatic N) is 2. The summed E-state index contributed by atoms with van der Waals surface area (Å²) in [4.78, 5) is 30.5. The zero-order valence-corrected chi connectivity index (χ0v) is 17.8. The van der Waals surface area contributed by atoms with Crippen molar-refractivity contribution in [3.05, 3.63) is 82.0 Å². The second-order valence-electron chi connectivity index (χ2n) is 7.52. The average Bonchev–Trinajstić information content (AvgIpc) is 3.24. The lowest BCUT2D eigenvalue weighted by atomic mass is 10.1. The fourth-order valence-electron chi connectivity index (χ4n) is 3.71. The Morgan fingerprint density at radius 2 is 1.90 bits per heavy atom. The van der Waals surface area contributed by atoms with Crippen molar-refractivity contribution in [3.63, 3.8) is 0 Å². The van der Waals surface area contributed by atoms with Gasteiger partial charge in [-0.2, -0.15) is 0 Å². The smallest absolute Gasteiger partial charge is 0.324 e. The van der Waals surface area contributed by atoms with E-state index in [1.165, 1.54) is 0 Å². The summed E-state index contributed by atoms with van der Waals surface area (Å²) in [7, 11) is 0. The Hall–Kier alpha value is -3.12. The maximum Gasteiger partial charge on any atom is 0.324 e. The number of amides is 3. The van der Waals surface area contributed by atoms with Crippen LogP contribution in [0.2, 0.25) is 0 Å². The molecule has 0 unspecified atom stereocenters. The third-order valence-corrected chi connectivity index (χ3v) is 6.04. The number of carbonyl (C=O) groups is 2. The Kier molecular flexibility index (Phi) is 6.14. The number of urea groups is 1. The molecule has 5 nitrogen and oxygen atoms in total. The number of anilines is 2. The Bertz CT molecular complexity index is 1020. The van der Waals surface area contributed by atoms with Crippen LogP contribution in [0.1, 0.15) is 22.4 Å². The Morgan fingerprint density at radius 3 is 2.67 bits per heavy atom. The summed E-state index contributed by atoms with van der Waals surface area (Å²) in [6.45, 7) is 3.94. The highest BCUT2D eigenvalue weighted by Gasteiger charge is 2.28. The van der Waals surface area contributed by atoms with Crippen LogP contribution in [0.3, 0.4) is 0 Å². The van der Waals surface area contributed by atoms with Gasteiger partial charge in [0.25, 0.3) is 0 Å². The molecule has 1 aromatic heterocycles. The molecule has 154 valence electrons. The fourth-order valence-corrected chi connectivity index (χ4v) is 4.41. The van der Waals surface area contributed by atoms with Crippen LogP contribution in [0.25, 0.3) is 0 Å². The molecule has 3 amide bonds. The lowest BCUT2D eigenvalue weighted by Gasteiger charge is -2.36. The lowest BCUT2D eigenvalue weighted by molar-refractivity contribution is -0.115. The minimum Gasteiger partial charge on any atom is -0.324 e. The normalized spacial score (nSPS) is 14.1. The van der Waals surface area contributed by atoms with E-state index in [4.69, 9.17) is 0 Å². The van der Waals surface area contributed by atoms with Gasteiger partial charge in [0.1, 0.15) is 0 Å². The van der Waals surface area contributed by atoms with Crippen molar-refractivity contribution in [1.82, 2.24) is 4.90 Å². The van der Waals surface area contributed by atoms with Gasteiger partial charge in [-0.15, -0.1) is 11.3 Å². The van der Waals surface area contributed by atoms with Crippen molar-refractivity contribution in [3.8, 4) is 0 Å². The van der Waals surface area contributed by atoms with E-state index in [-0.39, 0.29) is 11.9 Å². The van der Waals surface area contributed by atoms with E-state index in [2.05, 4.69) is 5.32 Å². The number of hydrogen-bond acceptors (Lipinski definition) is 3. The molecular formula is C24H25N3O2S. The zero-order valence-electron chi connectivity index (χ0n) is 17.0. The minimum atomic E-state index is -0.0742. The molecule has 1 aliphatic rings. The molecule has 0 bridgehead atoms. The standard InChI is InChI=1S/C24H25N3O2S/c1-18-10-11-22(21(15-18)25-23(28)16-20-9-5-14-30-20)27-13-6-12-26(24(27)29)17-19-7-3-2-4-8-19/h2-5,7-11,14-15H,6,12-13,16-17H2,1H3,(H,25,28). The van der Waals surface area contributed by atoms with Gasteiger partial charge in [-0.25, -0.2) is 4.79 Å². The quantitative estimate of drug-likeness (QED) is 0.606. The van der Waals surface area contributed by atoms with Crippen molar-refractivity contribution < 1.29 is 9.59 Å². The summed E-state index contributed by atoms with van der Waals surface area (Å²) in [6, 6.07) is 19.7. The fraction of sp³-hybridized carbons (Fsp3) is 0.250. The van der Waals surface area contributed by atoms with Crippen molar-refractivity contribution in [1.29, 1.82) is 0 Å². The van der Waals surface area contributed by atoms with Crippen LogP contribution in [0.5, 0.6) is 0 Å². The van der Waals surface area contributed by atoms with Crippen LogP contribution < -0.4 is 10.2 Å². The van der Waals surface area contributed by atoms with Crippen molar-refractivity contribution >= 4 is 34.6 Å². The predicted octanol–water partition coefficient (Wildman–Crippen LogP) is 5.07. The molecule has 1 N–H and O–H groups in total. The molecule has 0 atom stereocenters. The number of rotatable bonds is 6. The van der Waals surface area contributed by atoms with Gasteiger partial charge in [0.15, 0.2) is 0 Å². The first-order chi connectivity index (χ1) is 14.6. The Labute approximate surface area is 180 Å². The molecule has 2 heterocycles. The molecule has 2 aromatic carbocycles. The zero-order chi connectivity index (χ0) is 20.9. The molecule has 1 fully saturated rings. The van der Waals surface area contributed by atoms with Crippen LogP contribution in [-0.2, 0) is 17.8 Å². The molecule has 1 aliphatic heterocycles. The highest BCUT2D eigenvalue weighted by Crippen LogP contribution is 2.30. The van der Waals surface area contributed by atoms with Crippen LogP contribution in [-0.4, -0.2) is 29.9 Å². The monoisotopic (exact) mass is 419 g/mol. The van der Waals surface area contributed by atoms with Crippen LogP contribution in [0.15, 0.2) is 66.0 Å². The molecule has 0 spiro atoms. The van der Waals surface area contributed by atoms with E-state index < -0.39 is 0 Å². The van der Waals surface area contributed by atoms with E-state index in [1.807, 2.05) is 77.9 Å². The first-order valence-corrected chi connectivity index (χ1v) is 11.0. The number of hydrogen-bond donors (Lipinski definition) is 1. The number of carbonyl (C=O) groups excluding carboxylic acids is 2. The molecule has 6 heteroatoms. The molecule has 30 heavy (non-hydrogen) atoms. The largest absolute Gasteiger partial charge is 0.324 e. The van der Waals surface area contributed by atoms with E-state index in [9.17, 15) is 9.59 Å². The van der Waals surface area contributed by atoms with E-state index in [1.54, 1.807) is 16.2 Å². The number of thiophene rings is 1. The summed E-state index contributed by atoms with van der Waals surface area (Å²) in [5, 5.41) is 4.99. The molecule has 1 saturated heterocycles. The maximum atomic E-state index is 13.3. The highest BCUT2D eigenvalue weighted by molar-refractivity contribution is 7.10. The van der Waals surface area contributed by atoms with Crippen molar-refractivity contribution in [2.75, 3.05) is 23.3 Å². The highest BCUT2D eigenvalue weighted by atomic mass is 32.1. The van der Waals surface area contributed by atoms with Crippen LogP contribution in [0.4, 0.5) is 16.2 Å². The molecule has 0 aliphatic carbocycles. The summed E-state index contributed by atoms with van der Waals surface area (Å²) < 4.78 is 0. The number of benzene rings is 2. The second kappa shape index (κ2) is 9.13. The molecular weight excluding hydrogens is 394 g/mol. The lowest BCUT2D eigenvalue weighted by Crippen LogP contribution is -2.49. The Balaban J connectivity index is 1.53. The third-order valence-electron chi connectivity index (χ3n) is 5.16. The molecule has 0 saturated carbocycles. The minimum absolute atomic E-state index is 0.0253. The predicted molar refractivity (Wildman–Crippen MR) is 122 cm³/mol. The first kappa shape index (κ1) is 20.2. The van der Waals surface area contributed by atoms with Gasteiger partial charge in [-0.1, -0.05) is 42.5 Å². The summed E-state index contributed by atoms with van der Waals surface area (Å²) >= 11 is 1.57. The third kappa shape index (κ3) is 4.71. The van der Waals surface area contributed by atoms with Gasteiger partial charge >= 0.3 is 6.03 Å². The first-order valence-electron chi connectivity index (χ1n) is 10.1. The number of aryl methyl sites for hydroxylation is 1. The van der Waals surface area contributed by atoms with Crippen LogP contribution in [0, 0.1) is 6.92 Å². The van der Waals surface area contributed by atoms with Gasteiger partial charge in [0.2, 0.25) is 5.91 Å². The summed E-state index contributed by atoms with van der Waals surface area (Å²) in [6.07, 6.45) is 1.22. The van der Waals surface area contributed by atoms with Gasteiger partial charge in [-0.3, -0.25) is 9.69 Å². The molecule has 3 aromatic rings. The van der Waals surface area contributed by atoms with Gasteiger partial charge in [-0.05, 0) is 48.1 Å². The Morgan fingerprint density at radius 1 is 1.07 bits per heavy atom. The maximum absolute atomic E-state index is 13.3. The van der Waals surface area contributed by atoms with E-state index in [0.717, 1.165) is 34.7 Å². The van der Waals surface area contributed by atoms with E-state index >= 15 is 0 Å². The SMILES string of the molecule is Cc1ccc(N2CCCN(Cc3ccccc3)C2=O)c(NC(=O)Cc2cccs2)c1. The van der Waals surface area contributed by atoms with Gasteiger partial charge < -0.3 is 10.2 Å². The molecule has 0 radical (unpaired) electrons. The number of nitrogens with one attached hydrogen (secondary N) is 1. The summed E-state index contributed by atoms with van der Waals surface area (Å²) in [5.41, 5.74) is 3.59. The van der Waals surface area contributed by atoms with Gasteiger partial charge in [0, 0.05) is 24.5 Å². The van der Waals surface area contributed by atoms with Crippen molar-refractivity contribution in [2.24, 2.45) is 0 Å². The molecule has 4 rings (SSSR count). The second-order valence-corrected chi connectivity index (χ2v) is 8.55. The van der Waals surface area contributed by atoms with E-state index in [0.29, 0.717) is 25.2 Å². The van der Waals surface area contributed by atoms with Gasteiger partial charge in [0.05, 0.1) is 17.8 Å². The average molecular weight is 420 g/mol. The summed E-state index contributed by atoms with van der Waals surface area (Å²) in [5.74, 6) is -0.0742. The van der Waals surface area contributed by atoms with Crippen molar-refractivity contribution in [2.45, 2.75) is 26.3 Å². The topological polar surface area (TPSA) is 52.6 Å². The van der Waals surface area contributed by atoms with Crippen LogP contribution >= 0.6 is 11.3 Å².